The van der Waals surface area contributed by atoms with Crippen LogP contribution in [0.5, 0.6) is 0 Å². The molecule has 7 heteroatoms. The highest BCUT2D eigenvalue weighted by atomic mass is 16.4. The molecule has 4 rings (SSSR count). The fraction of sp³-hybridized carbons (Fsp3) is 0.200. The van der Waals surface area contributed by atoms with Gasteiger partial charge < -0.3 is 14.1 Å². The Morgan fingerprint density at radius 2 is 1.93 bits per heavy atom. The molecule has 0 aliphatic heterocycles. The predicted molar refractivity (Wildman–Crippen MR) is 105 cm³/mol. The molecular formula is C20H21N3O4. The van der Waals surface area contributed by atoms with Gasteiger partial charge in [-0.3, -0.25) is 14.6 Å². The number of methoxy groups -OCH3 is 1. The van der Waals surface area contributed by atoms with Gasteiger partial charge in [0.25, 0.3) is 5.56 Å². The fourth-order valence-electron chi connectivity index (χ4n) is 2.40. The van der Waals surface area contributed by atoms with Gasteiger partial charge >= 0.3 is 0 Å². The van der Waals surface area contributed by atoms with E-state index in [1.165, 1.54) is 12.4 Å². The zero-order valence-corrected chi connectivity index (χ0v) is 15.6. The normalized spacial score (nSPS) is 9.93. The van der Waals surface area contributed by atoms with E-state index in [4.69, 9.17) is 4.42 Å². The van der Waals surface area contributed by atoms with Crippen LogP contribution in [0.4, 0.5) is 0 Å². The molecule has 140 valence electrons. The molecule has 3 aromatic heterocycles. The van der Waals surface area contributed by atoms with Crippen molar-refractivity contribution in [2.45, 2.75) is 13.8 Å². The van der Waals surface area contributed by atoms with Crippen LogP contribution in [0.15, 0.2) is 51.9 Å². The molecule has 4 aromatic rings. The number of furan rings is 1. The van der Waals surface area contributed by atoms with Crippen LogP contribution >= 0.6 is 0 Å². The molecule has 0 aliphatic carbocycles. The number of aldehydes is 1. The minimum absolute atomic E-state index is 0.265. The second-order valence-corrected chi connectivity index (χ2v) is 5.21. The lowest BCUT2D eigenvalue weighted by molar-refractivity contribution is 0.112. The summed E-state index contributed by atoms with van der Waals surface area (Å²) in [5, 5.41) is 1.23. The Bertz CT molecular complexity index is 1100. The van der Waals surface area contributed by atoms with Crippen molar-refractivity contribution >= 4 is 28.2 Å². The summed E-state index contributed by atoms with van der Waals surface area (Å²) in [6.07, 6.45) is 3.79. The number of rotatable bonds is 2. The monoisotopic (exact) mass is 367 g/mol. The van der Waals surface area contributed by atoms with Crippen LogP contribution in [-0.4, -0.2) is 35.5 Å². The number of H-pyrrole nitrogens is 1. The molecule has 0 radical (unpaired) electrons. The van der Waals surface area contributed by atoms with Crippen LogP contribution in [0, 0.1) is 0 Å². The quantitative estimate of drug-likeness (QED) is 0.541. The van der Waals surface area contributed by atoms with Gasteiger partial charge in [-0.25, -0.2) is 4.98 Å². The first-order valence-corrected chi connectivity index (χ1v) is 8.40. The summed E-state index contributed by atoms with van der Waals surface area (Å²) in [7, 11) is 3.25. The average Bonchev–Trinajstić information content (AvgIpc) is 3.14. The average molecular weight is 367 g/mol. The number of hydrogen-bond acceptors (Lipinski definition) is 6. The third-order valence-electron chi connectivity index (χ3n) is 3.44. The van der Waals surface area contributed by atoms with Crippen LogP contribution in [0.1, 0.15) is 24.2 Å². The van der Waals surface area contributed by atoms with E-state index in [9.17, 15) is 9.59 Å². The smallest absolute Gasteiger partial charge is 0.259 e. The van der Waals surface area contributed by atoms with Crippen LogP contribution in [0.2, 0.25) is 0 Å². The molecule has 0 fully saturated rings. The molecule has 0 amide bonds. The number of fused-ring (bicyclic) bond motifs is 2. The van der Waals surface area contributed by atoms with Crippen molar-refractivity contribution in [3.05, 3.63) is 58.6 Å². The maximum Gasteiger partial charge on any atom is 0.259 e. The van der Waals surface area contributed by atoms with Gasteiger partial charge in [0.15, 0.2) is 17.9 Å². The Morgan fingerprint density at radius 1 is 1.19 bits per heavy atom. The molecule has 0 saturated heterocycles. The number of aromatic nitrogens is 3. The number of nitrogens with one attached hydrogen (secondary N) is 1. The van der Waals surface area contributed by atoms with Gasteiger partial charge in [-0.1, -0.05) is 26.0 Å². The van der Waals surface area contributed by atoms with E-state index >= 15 is 0 Å². The largest absolute Gasteiger partial charge is 0.452 e. The first kappa shape index (κ1) is 20.0. The fourth-order valence-corrected chi connectivity index (χ4v) is 2.40. The minimum atomic E-state index is -0.265. The molecular weight excluding hydrogens is 346 g/mol. The number of carbonyl (C=O) groups excluding carboxylic acids is 1. The van der Waals surface area contributed by atoms with Crippen LogP contribution < -0.4 is 5.56 Å². The zero-order valence-electron chi connectivity index (χ0n) is 15.6. The third-order valence-corrected chi connectivity index (χ3v) is 3.44. The summed E-state index contributed by atoms with van der Waals surface area (Å²) in [5.74, 6) is 0.700. The third kappa shape index (κ3) is 4.27. The highest BCUT2D eigenvalue weighted by Crippen LogP contribution is 2.27. The number of benzene rings is 1. The molecule has 1 aromatic carbocycles. The summed E-state index contributed by atoms with van der Waals surface area (Å²) in [5.41, 5.74) is 1.14. The first-order chi connectivity index (χ1) is 13.2. The molecule has 0 unspecified atom stereocenters. The van der Waals surface area contributed by atoms with Crippen molar-refractivity contribution in [1.29, 1.82) is 0 Å². The number of para-hydroxylation sites is 1. The molecule has 7 nitrogen and oxygen atoms in total. The number of nitrogens with zero attached hydrogens (tertiary/aromatic N) is 2. The van der Waals surface area contributed by atoms with Crippen LogP contribution in [-0.2, 0) is 4.74 Å². The maximum absolute atomic E-state index is 12.1. The molecule has 3 heterocycles. The number of hydrogen-bond donors (Lipinski definition) is 1. The Morgan fingerprint density at radius 3 is 2.63 bits per heavy atom. The van der Waals surface area contributed by atoms with Crippen molar-refractivity contribution in [3.8, 4) is 11.6 Å². The molecule has 0 saturated carbocycles. The van der Waals surface area contributed by atoms with Gasteiger partial charge in [0.2, 0.25) is 0 Å². The van der Waals surface area contributed by atoms with Gasteiger partial charge in [0.05, 0.1) is 22.7 Å². The summed E-state index contributed by atoms with van der Waals surface area (Å²) in [4.78, 5) is 34.2. The highest BCUT2D eigenvalue weighted by Gasteiger charge is 2.12. The molecule has 0 spiro atoms. The summed E-state index contributed by atoms with van der Waals surface area (Å²) >= 11 is 0. The second kappa shape index (κ2) is 9.40. The standard InChI is InChI=1S/C16H9N3O3.C2H6O.C2H6/c20-8-10-3-1-2-9-6-13(22-14(9)10)15-18-12-7-17-5-4-11(12)16(21)19-15;1-3-2;1-2/h1-8H,(H,18,19,21);1-2H3;1-2H3. The van der Waals surface area contributed by atoms with Crippen molar-refractivity contribution in [3.63, 3.8) is 0 Å². The van der Waals surface area contributed by atoms with Crippen LogP contribution in [0.25, 0.3) is 33.5 Å². The number of carbonyl (C=O) groups is 1. The molecule has 0 aliphatic rings. The first-order valence-electron chi connectivity index (χ1n) is 8.40. The minimum Gasteiger partial charge on any atom is -0.452 e. The molecule has 0 bridgehead atoms. The van der Waals surface area contributed by atoms with Crippen LogP contribution in [0.3, 0.4) is 0 Å². The van der Waals surface area contributed by atoms with E-state index in [1.54, 1.807) is 38.5 Å². The summed E-state index contributed by atoms with van der Waals surface area (Å²) in [6.45, 7) is 4.00. The Labute approximate surface area is 156 Å². The van der Waals surface area contributed by atoms with E-state index in [2.05, 4.69) is 19.7 Å². The number of pyridine rings is 1. The zero-order chi connectivity index (χ0) is 19.8. The number of ether oxygens (including phenoxy) is 1. The Balaban J connectivity index is 0.000000478. The van der Waals surface area contributed by atoms with Crippen molar-refractivity contribution < 1.29 is 13.9 Å². The van der Waals surface area contributed by atoms with E-state index < -0.39 is 0 Å². The predicted octanol–water partition coefficient (Wildman–Crippen LogP) is 3.83. The van der Waals surface area contributed by atoms with Crippen molar-refractivity contribution in [1.82, 2.24) is 15.0 Å². The molecule has 27 heavy (non-hydrogen) atoms. The van der Waals surface area contributed by atoms with Gasteiger partial charge in [0.1, 0.15) is 5.58 Å². The van der Waals surface area contributed by atoms with E-state index in [1.807, 2.05) is 19.9 Å². The Kier molecular flexibility index (Phi) is 6.96. The van der Waals surface area contributed by atoms with Gasteiger partial charge in [-0.2, -0.15) is 0 Å². The molecule has 0 atom stereocenters. The van der Waals surface area contributed by atoms with Crippen molar-refractivity contribution in [2.24, 2.45) is 0 Å². The lowest BCUT2D eigenvalue weighted by Crippen LogP contribution is -2.09. The van der Waals surface area contributed by atoms with E-state index in [0.717, 1.165) is 11.7 Å². The highest BCUT2D eigenvalue weighted by molar-refractivity contribution is 5.96. The van der Waals surface area contributed by atoms with Gasteiger partial charge in [-0.05, 0) is 18.2 Å². The SMILES string of the molecule is CC.COC.O=Cc1cccc2cc(-c3nc4cnccc4c(=O)[nH]3)oc12. The van der Waals surface area contributed by atoms with E-state index in [-0.39, 0.29) is 5.56 Å². The summed E-state index contributed by atoms with van der Waals surface area (Å²) < 4.78 is 9.95. The lowest BCUT2D eigenvalue weighted by atomic mass is 10.2. The second-order valence-electron chi connectivity index (χ2n) is 5.21. The number of aromatic amines is 1. The van der Waals surface area contributed by atoms with Crippen molar-refractivity contribution in [2.75, 3.05) is 14.2 Å². The van der Waals surface area contributed by atoms with Gasteiger partial charge in [0, 0.05) is 25.8 Å². The van der Waals surface area contributed by atoms with E-state index in [0.29, 0.717) is 33.6 Å². The summed E-state index contributed by atoms with van der Waals surface area (Å²) in [6, 6.07) is 8.61. The van der Waals surface area contributed by atoms with Gasteiger partial charge in [-0.15, -0.1) is 0 Å². The lowest BCUT2D eigenvalue weighted by Gasteiger charge is -1.99. The molecule has 1 N–H and O–H groups in total. The topological polar surface area (TPSA) is 98.1 Å². The Hall–Kier alpha value is -3.32. The maximum atomic E-state index is 12.1.